The standard InChI is InChI=1S/C17H28O2/c1-12(2)14-5-10-17(13(3)11-14)19-16-8-6-15(18-4)7-9-16/h8,11-13,15,17H,5-7,9-10H2,1-4H3. The van der Waals surface area contributed by atoms with E-state index in [1.54, 1.807) is 12.7 Å². The van der Waals surface area contributed by atoms with E-state index in [-0.39, 0.29) is 0 Å². The van der Waals surface area contributed by atoms with Gasteiger partial charge in [-0.3, -0.25) is 0 Å². The van der Waals surface area contributed by atoms with Gasteiger partial charge in [-0.1, -0.05) is 32.4 Å². The molecule has 0 aromatic rings. The molecule has 0 bridgehead atoms. The number of hydrogen-bond donors (Lipinski definition) is 0. The fourth-order valence-corrected chi connectivity index (χ4v) is 3.05. The molecule has 0 heterocycles. The Kier molecular flexibility index (Phi) is 5.09. The minimum absolute atomic E-state index is 0.368. The Hall–Kier alpha value is -0.760. The van der Waals surface area contributed by atoms with Crippen LogP contribution in [-0.4, -0.2) is 19.3 Å². The maximum atomic E-state index is 6.23. The SMILES string of the molecule is COC1CC=C(OC2CCC(C(C)C)=CC2C)CC1. The maximum Gasteiger partial charge on any atom is 0.104 e. The third-order valence-corrected chi connectivity index (χ3v) is 4.48. The molecule has 0 N–H and O–H groups in total. The number of rotatable bonds is 4. The first kappa shape index (κ1) is 14.6. The van der Waals surface area contributed by atoms with Crippen LogP contribution in [0.3, 0.4) is 0 Å². The summed E-state index contributed by atoms with van der Waals surface area (Å²) in [7, 11) is 1.80. The fourth-order valence-electron chi connectivity index (χ4n) is 3.05. The number of hydrogen-bond acceptors (Lipinski definition) is 2. The van der Waals surface area contributed by atoms with E-state index >= 15 is 0 Å². The molecule has 3 atom stereocenters. The summed E-state index contributed by atoms with van der Waals surface area (Å²) in [6.07, 6.45) is 10.9. The second kappa shape index (κ2) is 6.60. The predicted molar refractivity (Wildman–Crippen MR) is 78.9 cm³/mol. The molecule has 0 aromatic carbocycles. The van der Waals surface area contributed by atoms with Gasteiger partial charge >= 0.3 is 0 Å². The highest BCUT2D eigenvalue weighted by molar-refractivity contribution is 5.12. The summed E-state index contributed by atoms with van der Waals surface area (Å²) >= 11 is 0. The second-order valence-electron chi connectivity index (χ2n) is 6.25. The topological polar surface area (TPSA) is 18.5 Å². The van der Waals surface area contributed by atoms with Gasteiger partial charge in [0.1, 0.15) is 6.10 Å². The lowest BCUT2D eigenvalue weighted by Crippen LogP contribution is -2.26. The molecular formula is C17H28O2. The van der Waals surface area contributed by atoms with Crippen molar-refractivity contribution < 1.29 is 9.47 Å². The van der Waals surface area contributed by atoms with Gasteiger partial charge < -0.3 is 9.47 Å². The highest BCUT2D eigenvalue weighted by atomic mass is 16.5. The molecule has 2 aliphatic rings. The van der Waals surface area contributed by atoms with E-state index in [1.807, 2.05) is 0 Å². The smallest absolute Gasteiger partial charge is 0.104 e. The Morgan fingerprint density at radius 1 is 1.21 bits per heavy atom. The summed E-state index contributed by atoms with van der Waals surface area (Å²) < 4.78 is 11.6. The zero-order chi connectivity index (χ0) is 13.8. The minimum atomic E-state index is 0.368. The Balaban J connectivity index is 1.89. The van der Waals surface area contributed by atoms with E-state index in [1.165, 1.54) is 12.2 Å². The molecule has 2 aliphatic carbocycles. The van der Waals surface area contributed by atoms with Crippen LogP contribution in [0.2, 0.25) is 0 Å². The highest BCUT2D eigenvalue weighted by Gasteiger charge is 2.25. The molecule has 0 amide bonds. The quantitative estimate of drug-likeness (QED) is 0.698. The van der Waals surface area contributed by atoms with Crippen LogP contribution in [0, 0.1) is 11.8 Å². The molecule has 0 aromatic heterocycles. The van der Waals surface area contributed by atoms with Crippen LogP contribution in [0.5, 0.6) is 0 Å². The molecule has 0 saturated heterocycles. The van der Waals surface area contributed by atoms with E-state index in [4.69, 9.17) is 9.47 Å². The predicted octanol–water partition coefficient (Wildman–Crippen LogP) is 4.47. The van der Waals surface area contributed by atoms with E-state index in [9.17, 15) is 0 Å². The first-order chi connectivity index (χ1) is 9.10. The molecular weight excluding hydrogens is 236 g/mol. The van der Waals surface area contributed by atoms with Gasteiger partial charge in [-0.15, -0.1) is 0 Å². The molecule has 0 fully saturated rings. The molecule has 108 valence electrons. The lowest BCUT2D eigenvalue weighted by Gasteiger charge is -2.32. The highest BCUT2D eigenvalue weighted by Crippen LogP contribution is 2.32. The van der Waals surface area contributed by atoms with Crippen molar-refractivity contribution in [2.75, 3.05) is 7.11 Å². The summed E-state index contributed by atoms with van der Waals surface area (Å²) in [6.45, 7) is 6.86. The average molecular weight is 264 g/mol. The molecule has 3 unspecified atom stereocenters. The zero-order valence-corrected chi connectivity index (χ0v) is 12.8. The van der Waals surface area contributed by atoms with Crippen LogP contribution in [0.4, 0.5) is 0 Å². The van der Waals surface area contributed by atoms with Gasteiger partial charge in [0.05, 0.1) is 11.9 Å². The first-order valence-electron chi connectivity index (χ1n) is 7.69. The largest absolute Gasteiger partial charge is 0.494 e. The first-order valence-corrected chi connectivity index (χ1v) is 7.69. The van der Waals surface area contributed by atoms with Crippen molar-refractivity contribution in [3.63, 3.8) is 0 Å². The maximum absolute atomic E-state index is 6.23. The molecule has 2 nitrogen and oxygen atoms in total. The Labute approximate surface area is 117 Å². The van der Waals surface area contributed by atoms with E-state index in [0.29, 0.717) is 24.0 Å². The minimum Gasteiger partial charge on any atom is -0.494 e. The molecule has 0 spiro atoms. The van der Waals surface area contributed by atoms with Crippen LogP contribution >= 0.6 is 0 Å². The number of ether oxygens (including phenoxy) is 2. The van der Waals surface area contributed by atoms with Crippen LogP contribution in [0.25, 0.3) is 0 Å². The van der Waals surface area contributed by atoms with Crippen molar-refractivity contribution in [2.45, 2.75) is 65.1 Å². The van der Waals surface area contributed by atoms with Crippen molar-refractivity contribution >= 4 is 0 Å². The molecule has 0 radical (unpaired) electrons. The van der Waals surface area contributed by atoms with Gasteiger partial charge in [-0.2, -0.15) is 0 Å². The average Bonchev–Trinajstić information content (AvgIpc) is 2.41. The van der Waals surface area contributed by atoms with Gasteiger partial charge in [-0.05, 0) is 37.7 Å². The third-order valence-electron chi connectivity index (χ3n) is 4.48. The molecule has 0 saturated carbocycles. The summed E-state index contributed by atoms with van der Waals surface area (Å²) in [5, 5.41) is 0. The van der Waals surface area contributed by atoms with Crippen LogP contribution in [0.15, 0.2) is 23.5 Å². The van der Waals surface area contributed by atoms with Crippen molar-refractivity contribution in [3.8, 4) is 0 Å². The number of allylic oxidation sites excluding steroid dienone is 2. The Morgan fingerprint density at radius 3 is 2.53 bits per heavy atom. The lowest BCUT2D eigenvalue weighted by molar-refractivity contribution is 0.0441. The summed E-state index contributed by atoms with van der Waals surface area (Å²) in [6, 6.07) is 0. The van der Waals surface area contributed by atoms with E-state index in [0.717, 1.165) is 25.7 Å². The molecule has 2 rings (SSSR count). The van der Waals surface area contributed by atoms with E-state index < -0.39 is 0 Å². The molecule has 0 aliphatic heterocycles. The Morgan fingerprint density at radius 2 is 2.00 bits per heavy atom. The van der Waals surface area contributed by atoms with Crippen LogP contribution in [-0.2, 0) is 9.47 Å². The van der Waals surface area contributed by atoms with Crippen molar-refractivity contribution in [1.82, 2.24) is 0 Å². The Bertz CT molecular complexity index is 354. The van der Waals surface area contributed by atoms with Gasteiger partial charge in [0.15, 0.2) is 0 Å². The fraction of sp³-hybridized carbons (Fsp3) is 0.765. The molecule has 19 heavy (non-hydrogen) atoms. The van der Waals surface area contributed by atoms with Crippen molar-refractivity contribution in [1.29, 1.82) is 0 Å². The normalized spacial score (nSPS) is 31.9. The monoisotopic (exact) mass is 264 g/mol. The van der Waals surface area contributed by atoms with Gasteiger partial charge in [0, 0.05) is 19.4 Å². The summed E-state index contributed by atoms with van der Waals surface area (Å²) in [4.78, 5) is 0. The van der Waals surface area contributed by atoms with Gasteiger partial charge in [0.25, 0.3) is 0 Å². The van der Waals surface area contributed by atoms with Crippen LogP contribution in [0.1, 0.15) is 52.9 Å². The van der Waals surface area contributed by atoms with Gasteiger partial charge in [-0.25, -0.2) is 0 Å². The number of methoxy groups -OCH3 is 1. The summed E-state index contributed by atoms with van der Waals surface area (Å²) in [5.41, 5.74) is 1.60. The lowest BCUT2D eigenvalue weighted by atomic mass is 9.84. The van der Waals surface area contributed by atoms with Crippen molar-refractivity contribution in [2.24, 2.45) is 11.8 Å². The summed E-state index contributed by atoms with van der Waals surface area (Å²) in [5.74, 6) is 2.40. The second-order valence-corrected chi connectivity index (χ2v) is 6.25. The van der Waals surface area contributed by atoms with Crippen molar-refractivity contribution in [3.05, 3.63) is 23.5 Å². The van der Waals surface area contributed by atoms with E-state index in [2.05, 4.69) is 32.9 Å². The zero-order valence-electron chi connectivity index (χ0n) is 12.8. The van der Waals surface area contributed by atoms with Crippen LogP contribution < -0.4 is 0 Å². The molecule has 2 heteroatoms. The van der Waals surface area contributed by atoms with Gasteiger partial charge in [0.2, 0.25) is 0 Å². The third kappa shape index (κ3) is 3.85.